The average molecular weight is 403 g/mol. The van der Waals surface area contributed by atoms with Gasteiger partial charge in [-0.3, -0.25) is 4.79 Å². The molecule has 1 aliphatic heterocycles. The molecule has 29 heavy (non-hydrogen) atoms. The Morgan fingerprint density at radius 2 is 1.62 bits per heavy atom. The van der Waals surface area contributed by atoms with E-state index in [1.165, 1.54) is 20.3 Å². The minimum atomic E-state index is -1.59. The molecule has 3 rings (SSSR count). The van der Waals surface area contributed by atoms with Crippen molar-refractivity contribution in [2.45, 2.75) is 12.8 Å². The van der Waals surface area contributed by atoms with Gasteiger partial charge in [-0.1, -0.05) is 0 Å². The molecule has 1 aromatic carbocycles. The Morgan fingerprint density at radius 1 is 1.03 bits per heavy atom. The molecular weight excluding hydrogens is 382 g/mol. The second kappa shape index (κ2) is 7.74. The van der Waals surface area contributed by atoms with Crippen LogP contribution in [0.5, 0.6) is 11.5 Å². The predicted molar refractivity (Wildman–Crippen MR) is 105 cm³/mol. The van der Waals surface area contributed by atoms with E-state index in [0.717, 1.165) is 31.6 Å². The van der Waals surface area contributed by atoms with Crippen molar-refractivity contribution in [3.63, 3.8) is 0 Å². The van der Waals surface area contributed by atoms with Gasteiger partial charge in [0.15, 0.2) is 0 Å². The number of methoxy groups -OCH3 is 2. The highest BCUT2D eigenvalue weighted by molar-refractivity contribution is 6.08. The molecule has 0 unspecified atom stereocenters. The van der Waals surface area contributed by atoms with Gasteiger partial charge in [0, 0.05) is 30.3 Å². The fraction of sp³-hybridized carbons (Fsp3) is 0.316. The number of ether oxygens (including phenoxy) is 2. The van der Waals surface area contributed by atoms with Crippen LogP contribution in [0.2, 0.25) is 0 Å². The van der Waals surface area contributed by atoms with Crippen molar-refractivity contribution in [3.05, 3.63) is 33.6 Å². The minimum absolute atomic E-state index is 0.0832. The zero-order chi connectivity index (χ0) is 21.3. The zero-order valence-electron chi connectivity index (χ0n) is 15.9. The largest absolute Gasteiger partial charge is 0.496 e. The summed E-state index contributed by atoms with van der Waals surface area (Å²) in [6.45, 7) is 1.63. The molecule has 0 atom stereocenters. The van der Waals surface area contributed by atoms with Gasteiger partial charge in [-0.05, 0) is 18.9 Å². The fourth-order valence-corrected chi connectivity index (χ4v) is 3.60. The molecule has 0 saturated carbocycles. The van der Waals surface area contributed by atoms with Gasteiger partial charge in [-0.2, -0.15) is 0 Å². The van der Waals surface area contributed by atoms with E-state index in [-0.39, 0.29) is 16.9 Å². The molecular formula is C19H21N3O7. The van der Waals surface area contributed by atoms with Crippen molar-refractivity contribution < 1.29 is 29.3 Å². The molecule has 0 aliphatic carbocycles. The van der Waals surface area contributed by atoms with Crippen LogP contribution < -0.4 is 25.7 Å². The second-order valence-corrected chi connectivity index (χ2v) is 6.52. The van der Waals surface area contributed by atoms with Crippen LogP contribution in [0.15, 0.2) is 16.9 Å². The monoisotopic (exact) mass is 403 g/mol. The number of nitrogens with two attached hydrogens (primary N) is 1. The van der Waals surface area contributed by atoms with Crippen molar-refractivity contribution in [1.82, 2.24) is 4.98 Å². The number of carboxylic acid groups (broad SMARTS) is 2. The highest BCUT2D eigenvalue weighted by atomic mass is 16.5. The van der Waals surface area contributed by atoms with E-state index < -0.39 is 34.4 Å². The summed E-state index contributed by atoms with van der Waals surface area (Å²) in [6.07, 6.45) is 2.04. The molecule has 0 radical (unpaired) electrons. The van der Waals surface area contributed by atoms with Gasteiger partial charge >= 0.3 is 11.9 Å². The number of nitrogens with zero attached hydrogens (tertiary/aromatic N) is 1. The summed E-state index contributed by atoms with van der Waals surface area (Å²) < 4.78 is 10.9. The van der Waals surface area contributed by atoms with Crippen LogP contribution in [0.3, 0.4) is 0 Å². The lowest BCUT2D eigenvalue weighted by atomic mass is 9.94. The fourth-order valence-electron chi connectivity index (χ4n) is 3.60. The third kappa shape index (κ3) is 3.44. The Balaban J connectivity index is 2.40. The normalized spacial score (nSPS) is 13.4. The van der Waals surface area contributed by atoms with E-state index in [4.69, 9.17) is 15.2 Å². The minimum Gasteiger partial charge on any atom is -0.496 e. The Kier molecular flexibility index (Phi) is 5.35. The molecule has 0 bridgehead atoms. The molecule has 1 aromatic heterocycles. The summed E-state index contributed by atoms with van der Waals surface area (Å²) in [5.41, 5.74) is 3.90. The number of aromatic amines is 1. The number of hydrogen-bond donors (Lipinski definition) is 4. The summed E-state index contributed by atoms with van der Waals surface area (Å²) in [4.78, 5) is 40.1. The molecule has 5 N–H and O–H groups in total. The number of anilines is 2. The number of H-pyrrole nitrogens is 1. The molecule has 10 nitrogen and oxygen atoms in total. The standard InChI is InChI=1S/C19H21N3O7/c1-28-11-8-10(22-5-3-4-6-22)12(29-2)7-9(11)13-14(18(24)25)16(20)21-17(23)15(13)19(26)27/h7-8H,3-6H2,1-2H3,(H,24,25)(H,26,27)(H3,20,21,23). The van der Waals surface area contributed by atoms with Crippen LogP contribution in [0, 0.1) is 0 Å². The molecule has 1 aliphatic rings. The summed E-state index contributed by atoms with van der Waals surface area (Å²) in [6, 6.07) is 3.12. The van der Waals surface area contributed by atoms with Crippen molar-refractivity contribution in [1.29, 1.82) is 0 Å². The average Bonchev–Trinajstić information content (AvgIpc) is 3.20. The topological polar surface area (TPSA) is 155 Å². The van der Waals surface area contributed by atoms with E-state index in [1.807, 2.05) is 0 Å². The Hall–Kier alpha value is -3.69. The lowest BCUT2D eigenvalue weighted by Crippen LogP contribution is -2.24. The van der Waals surface area contributed by atoms with Gasteiger partial charge in [-0.15, -0.1) is 0 Å². The summed E-state index contributed by atoms with van der Waals surface area (Å²) in [5.74, 6) is -2.93. The first-order valence-corrected chi connectivity index (χ1v) is 8.83. The maximum absolute atomic E-state index is 12.3. The third-order valence-electron chi connectivity index (χ3n) is 4.89. The number of nitrogen functional groups attached to an aromatic ring is 1. The van der Waals surface area contributed by atoms with Crippen LogP contribution in [-0.4, -0.2) is 54.4 Å². The van der Waals surface area contributed by atoms with E-state index in [0.29, 0.717) is 5.75 Å². The lowest BCUT2D eigenvalue weighted by Gasteiger charge is -2.23. The molecule has 0 spiro atoms. The van der Waals surface area contributed by atoms with Crippen molar-refractivity contribution >= 4 is 23.4 Å². The van der Waals surface area contributed by atoms with Gasteiger partial charge in [0.2, 0.25) is 0 Å². The number of carbonyl (C=O) groups is 2. The molecule has 154 valence electrons. The van der Waals surface area contributed by atoms with Gasteiger partial charge in [0.1, 0.15) is 28.4 Å². The van der Waals surface area contributed by atoms with E-state index in [2.05, 4.69) is 9.88 Å². The molecule has 2 heterocycles. The van der Waals surface area contributed by atoms with E-state index in [9.17, 15) is 24.6 Å². The Morgan fingerprint density at radius 3 is 2.14 bits per heavy atom. The summed E-state index contributed by atoms with van der Waals surface area (Å²) >= 11 is 0. The molecule has 1 fully saturated rings. The second-order valence-electron chi connectivity index (χ2n) is 6.52. The van der Waals surface area contributed by atoms with Gasteiger partial charge < -0.3 is 35.3 Å². The number of hydrogen-bond acceptors (Lipinski definition) is 7. The maximum atomic E-state index is 12.3. The molecule has 2 aromatic rings. The summed E-state index contributed by atoms with van der Waals surface area (Å²) in [5, 5.41) is 19.2. The van der Waals surface area contributed by atoms with Crippen molar-refractivity contribution in [2.24, 2.45) is 0 Å². The number of rotatable bonds is 6. The highest BCUT2D eigenvalue weighted by Gasteiger charge is 2.30. The number of benzene rings is 1. The highest BCUT2D eigenvalue weighted by Crippen LogP contribution is 2.43. The Labute approximate surface area is 165 Å². The van der Waals surface area contributed by atoms with Crippen molar-refractivity contribution in [3.8, 4) is 22.6 Å². The van der Waals surface area contributed by atoms with Crippen LogP contribution in [0.1, 0.15) is 33.6 Å². The number of nitrogens with one attached hydrogen (secondary N) is 1. The third-order valence-corrected chi connectivity index (χ3v) is 4.89. The molecule has 0 amide bonds. The lowest BCUT2D eigenvalue weighted by molar-refractivity contribution is 0.0695. The quantitative estimate of drug-likeness (QED) is 0.563. The zero-order valence-corrected chi connectivity index (χ0v) is 15.9. The smallest absolute Gasteiger partial charge is 0.342 e. The van der Waals surface area contributed by atoms with Crippen LogP contribution >= 0.6 is 0 Å². The van der Waals surface area contributed by atoms with Gasteiger partial charge in [-0.25, -0.2) is 9.59 Å². The SMILES string of the molecule is COc1cc(N2CCCC2)c(OC)cc1-c1c(C(=O)O)c(N)[nH]c(=O)c1C(=O)O. The number of pyridine rings is 1. The maximum Gasteiger partial charge on any atom is 0.342 e. The van der Waals surface area contributed by atoms with Gasteiger partial charge in [0.25, 0.3) is 5.56 Å². The first-order chi connectivity index (χ1) is 13.8. The Bertz CT molecular complexity index is 1040. The summed E-state index contributed by atoms with van der Waals surface area (Å²) in [7, 11) is 2.82. The number of carboxylic acids is 2. The molecule has 1 saturated heterocycles. The van der Waals surface area contributed by atoms with Crippen LogP contribution in [0.25, 0.3) is 11.1 Å². The van der Waals surface area contributed by atoms with E-state index >= 15 is 0 Å². The van der Waals surface area contributed by atoms with Crippen molar-refractivity contribution in [2.75, 3.05) is 37.9 Å². The first-order valence-electron chi connectivity index (χ1n) is 8.83. The van der Waals surface area contributed by atoms with E-state index in [1.54, 1.807) is 6.07 Å². The first kappa shape index (κ1) is 20.1. The van der Waals surface area contributed by atoms with Crippen LogP contribution in [-0.2, 0) is 0 Å². The predicted octanol–water partition coefficient (Wildman–Crippen LogP) is 1.64. The number of aromatic nitrogens is 1. The number of aromatic carboxylic acids is 2. The molecule has 10 heteroatoms. The van der Waals surface area contributed by atoms with Crippen LogP contribution in [0.4, 0.5) is 11.5 Å². The van der Waals surface area contributed by atoms with Gasteiger partial charge in [0.05, 0.1) is 19.9 Å².